The topological polar surface area (TPSA) is 73.1 Å². The molecule has 24 heavy (non-hydrogen) atoms. The molecule has 1 N–H and O–H groups in total. The number of aromatic nitrogens is 3. The third-order valence-corrected chi connectivity index (χ3v) is 6.49. The zero-order chi connectivity index (χ0) is 16.2. The summed E-state index contributed by atoms with van der Waals surface area (Å²) in [7, 11) is 0. The van der Waals surface area contributed by atoms with E-state index in [4.69, 9.17) is 9.15 Å². The fourth-order valence-electron chi connectivity index (χ4n) is 2.37. The second-order valence-electron chi connectivity index (χ2n) is 5.30. The third-order valence-electron chi connectivity index (χ3n) is 3.54. The standard InChI is InChI=1S/C15H16N4O2S3/c1-3-11(20-5-1)7-16-14-18-19-15(24-14)23-9-10-8-22-13(17-10)12-4-2-6-21-12/h2,4,6,8,11H,1,3,5,7,9H2,(H,16,18). The molecule has 0 amide bonds. The molecule has 3 aromatic rings. The van der Waals surface area contributed by atoms with Crippen LogP contribution in [0.25, 0.3) is 10.8 Å². The van der Waals surface area contributed by atoms with E-state index >= 15 is 0 Å². The van der Waals surface area contributed by atoms with Crippen molar-refractivity contribution in [3.05, 3.63) is 29.5 Å². The molecule has 0 aliphatic carbocycles. The van der Waals surface area contributed by atoms with Gasteiger partial charge in [0.15, 0.2) is 15.1 Å². The van der Waals surface area contributed by atoms with E-state index in [1.54, 1.807) is 40.7 Å². The summed E-state index contributed by atoms with van der Waals surface area (Å²) in [5, 5.41) is 15.5. The number of rotatable bonds is 7. The van der Waals surface area contributed by atoms with E-state index in [-0.39, 0.29) is 0 Å². The average Bonchev–Trinajstić information content (AvgIpc) is 3.40. The Morgan fingerprint density at radius 2 is 2.38 bits per heavy atom. The number of thiazole rings is 1. The summed E-state index contributed by atoms with van der Waals surface area (Å²) in [6.45, 7) is 1.68. The fourth-order valence-corrected chi connectivity index (χ4v) is 4.91. The summed E-state index contributed by atoms with van der Waals surface area (Å²) in [6.07, 6.45) is 4.24. The summed E-state index contributed by atoms with van der Waals surface area (Å²) in [5.74, 6) is 1.59. The Kier molecular flexibility index (Phi) is 5.12. The van der Waals surface area contributed by atoms with Gasteiger partial charge in [-0.15, -0.1) is 21.5 Å². The first-order chi connectivity index (χ1) is 11.9. The molecule has 1 atom stereocenters. The highest BCUT2D eigenvalue weighted by Gasteiger charge is 2.16. The van der Waals surface area contributed by atoms with Gasteiger partial charge in [0.05, 0.1) is 18.1 Å². The van der Waals surface area contributed by atoms with Crippen LogP contribution >= 0.6 is 34.4 Å². The average molecular weight is 381 g/mol. The van der Waals surface area contributed by atoms with E-state index in [2.05, 4.69) is 25.9 Å². The van der Waals surface area contributed by atoms with Gasteiger partial charge in [-0.25, -0.2) is 4.98 Å². The molecule has 126 valence electrons. The molecule has 9 heteroatoms. The first-order valence-corrected chi connectivity index (χ1v) is 10.3. The van der Waals surface area contributed by atoms with Crippen molar-refractivity contribution in [1.82, 2.24) is 15.2 Å². The molecule has 1 fully saturated rings. The molecule has 4 rings (SSSR count). The third kappa shape index (κ3) is 3.97. The van der Waals surface area contributed by atoms with E-state index < -0.39 is 0 Å². The minimum atomic E-state index is 0.306. The number of nitrogens with zero attached hydrogens (tertiary/aromatic N) is 3. The number of ether oxygens (including phenoxy) is 1. The zero-order valence-electron chi connectivity index (χ0n) is 12.8. The van der Waals surface area contributed by atoms with Crippen molar-refractivity contribution in [3.8, 4) is 10.8 Å². The van der Waals surface area contributed by atoms with Gasteiger partial charge in [0, 0.05) is 24.3 Å². The van der Waals surface area contributed by atoms with Crippen LogP contribution in [0.2, 0.25) is 0 Å². The van der Waals surface area contributed by atoms with Gasteiger partial charge >= 0.3 is 0 Å². The number of hydrogen-bond donors (Lipinski definition) is 1. The summed E-state index contributed by atoms with van der Waals surface area (Å²) in [4.78, 5) is 4.59. The molecule has 3 aromatic heterocycles. The minimum absolute atomic E-state index is 0.306. The van der Waals surface area contributed by atoms with Crippen LogP contribution in [0.3, 0.4) is 0 Å². The Labute approximate surface area is 151 Å². The molecule has 4 heterocycles. The highest BCUT2D eigenvalue weighted by atomic mass is 32.2. The van der Waals surface area contributed by atoms with Crippen LogP contribution in [-0.2, 0) is 10.5 Å². The van der Waals surface area contributed by atoms with Gasteiger partial charge in [-0.1, -0.05) is 23.1 Å². The number of hydrogen-bond acceptors (Lipinski definition) is 9. The van der Waals surface area contributed by atoms with Gasteiger partial charge in [-0.05, 0) is 25.0 Å². The first kappa shape index (κ1) is 16.1. The molecule has 0 spiro atoms. The largest absolute Gasteiger partial charge is 0.462 e. The second-order valence-corrected chi connectivity index (χ2v) is 8.36. The number of furan rings is 1. The van der Waals surface area contributed by atoms with Crippen molar-refractivity contribution >= 4 is 39.6 Å². The van der Waals surface area contributed by atoms with E-state index in [0.29, 0.717) is 6.10 Å². The van der Waals surface area contributed by atoms with Crippen LogP contribution in [-0.4, -0.2) is 34.4 Å². The Hall–Kier alpha value is -1.42. The van der Waals surface area contributed by atoms with Crippen molar-refractivity contribution < 1.29 is 9.15 Å². The van der Waals surface area contributed by atoms with Crippen LogP contribution in [0.1, 0.15) is 18.5 Å². The van der Waals surface area contributed by atoms with Gasteiger partial charge in [-0.2, -0.15) is 0 Å². The molecule has 0 saturated carbocycles. The smallest absolute Gasteiger partial charge is 0.206 e. The summed E-state index contributed by atoms with van der Waals surface area (Å²) in [5.41, 5.74) is 1.03. The predicted molar refractivity (Wildman–Crippen MR) is 96.7 cm³/mol. The second kappa shape index (κ2) is 7.64. The lowest BCUT2D eigenvalue weighted by Crippen LogP contribution is -2.18. The molecule has 1 unspecified atom stereocenters. The molecule has 1 aliphatic heterocycles. The van der Waals surface area contributed by atoms with E-state index in [9.17, 15) is 0 Å². The lowest BCUT2D eigenvalue weighted by molar-refractivity contribution is 0.120. The Balaban J connectivity index is 1.28. The maximum atomic E-state index is 5.59. The highest BCUT2D eigenvalue weighted by molar-refractivity contribution is 8.00. The summed E-state index contributed by atoms with van der Waals surface area (Å²) < 4.78 is 11.9. The van der Waals surface area contributed by atoms with Crippen LogP contribution in [0.4, 0.5) is 5.13 Å². The maximum Gasteiger partial charge on any atom is 0.206 e. The van der Waals surface area contributed by atoms with Crippen LogP contribution in [0, 0.1) is 0 Å². The summed E-state index contributed by atoms with van der Waals surface area (Å²) >= 11 is 4.81. The number of thioether (sulfide) groups is 1. The zero-order valence-corrected chi connectivity index (χ0v) is 15.3. The van der Waals surface area contributed by atoms with Crippen LogP contribution in [0.5, 0.6) is 0 Å². The monoisotopic (exact) mass is 380 g/mol. The molecule has 0 bridgehead atoms. The van der Waals surface area contributed by atoms with Gasteiger partial charge in [-0.3, -0.25) is 0 Å². The molecular formula is C15H16N4O2S3. The number of nitrogens with one attached hydrogen (secondary N) is 1. The maximum absolute atomic E-state index is 5.59. The summed E-state index contributed by atoms with van der Waals surface area (Å²) in [6, 6.07) is 3.80. The van der Waals surface area contributed by atoms with Gasteiger partial charge in [0.25, 0.3) is 0 Å². The van der Waals surface area contributed by atoms with E-state index in [1.165, 1.54) is 0 Å². The molecule has 6 nitrogen and oxygen atoms in total. The molecular weight excluding hydrogens is 364 g/mol. The van der Waals surface area contributed by atoms with Crippen molar-refractivity contribution in [2.75, 3.05) is 18.5 Å². The van der Waals surface area contributed by atoms with Crippen molar-refractivity contribution in [3.63, 3.8) is 0 Å². The van der Waals surface area contributed by atoms with Crippen molar-refractivity contribution in [1.29, 1.82) is 0 Å². The minimum Gasteiger partial charge on any atom is -0.462 e. The molecule has 1 saturated heterocycles. The van der Waals surface area contributed by atoms with Gasteiger partial charge in [0.1, 0.15) is 0 Å². The lowest BCUT2D eigenvalue weighted by atomic mass is 10.2. The van der Waals surface area contributed by atoms with E-state index in [1.807, 2.05) is 12.1 Å². The molecule has 0 aromatic carbocycles. The van der Waals surface area contributed by atoms with E-state index in [0.717, 1.165) is 57.7 Å². The van der Waals surface area contributed by atoms with Crippen molar-refractivity contribution in [2.45, 2.75) is 29.0 Å². The van der Waals surface area contributed by atoms with Crippen LogP contribution < -0.4 is 5.32 Å². The normalized spacial score (nSPS) is 17.4. The van der Waals surface area contributed by atoms with Gasteiger partial charge < -0.3 is 14.5 Å². The van der Waals surface area contributed by atoms with Gasteiger partial charge in [0.2, 0.25) is 5.13 Å². The Morgan fingerprint density at radius 1 is 1.38 bits per heavy atom. The highest BCUT2D eigenvalue weighted by Crippen LogP contribution is 2.30. The van der Waals surface area contributed by atoms with Crippen LogP contribution in [0.15, 0.2) is 32.5 Å². The SMILES string of the molecule is c1coc(-c2nc(CSc3nnc(NCC4CCCO4)s3)cs2)c1. The first-order valence-electron chi connectivity index (χ1n) is 7.67. The molecule has 0 radical (unpaired) electrons. The van der Waals surface area contributed by atoms with Crippen molar-refractivity contribution in [2.24, 2.45) is 0 Å². The quantitative estimate of drug-likeness (QED) is 0.618. The molecule has 1 aliphatic rings. The Morgan fingerprint density at radius 3 is 3.21 bits per heavy atom. The fraction of sp³-hybridized carbons (Fsp3) is 0.400. The predicted octanol–water partition coefficient (Wildman–Crippen LogP) is 4.14. The number of anilines is 1. The Bertz CT molecular complexity index is 765. The lowest BCUT2D eigenvalue weighted by Gasteiger charge is -2.08.